The number of likely N-dealkylation sites (tertiary alicyclic amines) is 1. The van der Waals surface area contributed by atoms with Crippen molar-refractivity contribution in [2.45, 2.75) is 42.7 Å². The molecule has 15 heavy (non-hydrogen) atoms. The average molecular weight is 294 g/mol. The Labute approximate surface area is 105 Å². The SMILES string of the molecule is CCC(CC)(CN1CCC(Br)C1=O)SC. The lowest BCUT2D eigenvalue weighted by atomic mass is 10.0. The van der Waals surface area contributed by atoms with Crippen LogP contribution in [0.4, 0.5) is 0 Å². The van der Waals surface area contributed by atoms with Crippen molar-refractivity contribution in [3.8, 4) is 0 Å². The Balaban J connectivity index is 2.63. The summed E-state index contributed by atoms with van der Waals surface area (Å²) in [5.74, 6) is 0.273. The molecule has 0 radical (unpaired) electrons. The largest absolute Gasteiger partial charge is 0.340 e. The van der Waals surface area contributed by atoms with E-state index >= 15 is 0 Å². The zero-order valence-corrected chi connectivity index (χ0v) is 12.2. The number of rotatable bonds is 5. The Morgan fingerprint density at radius 1 is 1.53 bits per heavy atom. The van der Waals surface area contributed by atoms with Crippen LogP contribution >= 0.6 is 27.7 Å². The van der Waals surface area contributed by atoms with Gasteiger partial charge in [-0.3, -0.25) is 4.79 Å². The summed E-state index contributed by atoms with van der Waals surface area (Å²) in [6.07, 6.45) is 5.36. The molecule has 0 bridgehead atoms. The van der Waals surface area contributed by atoms with Crippen LogP contribution in [0.15, 0.2) is 0 Å². The van der Waals surface area contributed by atoms with Gasteiger partial charge in [-0.15, -0.1) is 0 Å². The van der Waals surface area contributed by atoms with Crippen LogP contribution in [0.3, 0.4) is 0 Å². The van der Waals surface area contributed by atoms with E-state index in [1.807, 2.05) is 16.7 Å². The molecule has 2 nitrogen and oxygen atoms in total. The van der Waals surface area contributed by atoms with Crippen molar-refractivity contribution in [1.29, 1.82) is 0 Å². The number of thioether (sulfide) groups is 1. The zero-order chi connectivity index (χ0) is 11.5. The third-order valence-electron chi connectivity index (χ3n) is 3.43. The smallest absolute Gasteiger partial charge is 0.236 e. The van der Waals surface area contributed by atoms with E-state index in [0.29, 0.717) is 0 Å². The molecule has 1 aliphatic rings. The highest BCUT2D eigenvalue weighted by Crippen LogP contribution is 2.33. The molecule has 1 aliphatic heterocycles. The van der Waals surface area contributed by atoms with E-state index in [2.05, 4.69) is 36.0 Å². The normalized spacial score (nSPS) is 22.5. The van der Waals surface area contributed by atoms with Gasteiger partial charge in [-0.1, -0.05) is 29.8 Å². The van der Waals surface area contributed by atoms with Crippen LogP contribution in [0.25, 0.3) is 0 Å². The average Bonchev–Trinajstić information content (AvgIpc) is 2.57. The molecule has 1 amide bonds. The van der Waals surface area contributed by atoms with E-state index in [1.54, 1.807) is 0 Å². The molecule has 1 rings (SSSR count). The van der Waals surface area contributed by atoms with Gasteiger partial charge in [0.25, 0.3) is 0 Å². The molecule has 1 fully saturated rings. The van der Waals surface area contributed by atoms with Crippen molar-refractivity contribution in [2.24, 2.45) is 0 Å². The Hall–Kier alpha value is 0.300. The maximum absolute atomic E-state index is 11.8. The van der Waals surface area contributed by atoms with Crippen LogP contribution in [0, 0.1) is 0 Å². The van der Waals surface area contributed by atoms with Crippen molar-refractivity contribution in [2.75, 3.05) is 19.3 Å². The maximum atomic E-state index is 11.8. The number of amides is 1. The van der Waals surface area contributed by atoms with Gasteiger partial charge in [-0.05, 0) is 25.5 Å². The van der Waals surface area contributed by atoms with E-state index in [0.717, 1.165) is 32.4 Å². The van der Waals surface area contributed by atoms with Crippen LogP contribution in [0.1, 0.15) is 33.1 Å². The van der Waals surface area contributed by atoms with Crippen molar-refractivity contribution in [3.63, 3.8) is 0 Å². The molecule has 1 saturated heterocycles. The first kappa shape index (κ1) is 13.4. The number of carbonyl (C=O) groups excluding carboxylic acids is 1. The summed E-state index contributed by atoms with van der Waals surface area (Å²) in [6, 6.07) is 0. The van der Waals surface area contributed by atoms with Gasteiger partial charge >= 0.3 is 0 Å². The lowest BCUT2D eigenvalue weighted by Crippen LogP contribution is -2.41. The van der Waals surface area contributed by atoms with Crippen LogP contribution in [-0.4, -0.2) is 39.7 Å². The standard InChI is InChI=1S/C11H20BrNOS/c1-4-11(5-2,15-3)8-13-7-6-9(12)10(13)14/h9H,4-8H2,1-3H3. The molecule has 0 aromatic heterocycles. The Kier molecular flexibility index (Phi) is 4.97. The Morgan fingerprint density at radius 3 is 2.47 bits per heavy atom. The summed E-state index contributed by atoms with van der Waals surface area (Å²) in [6.45, 7) is 6.25. The molecular formula is C11H20BrNOS. The minimum atomic E-state index is 0.0609. The summed E-state index contributed by atoms with van der Waals surface area (Å²) < 4.78 is 0.257. The van der Waals surface area contributed by atoms with Crippen molar-refractivity contribution in [1.82, 2.24) is 4.90 Å². The quantitative estimate of drug-likeness (QED) is 0.727. The molecule has 1 unspecified atom stereocenters. The first-order valence-electron chi connectivity index (χ1n) is 5.56. The zero-order valence-electron chi connectivity index (χ0n) is 9.75. The van der Waals surface area contributed by atoms with Crippen molar-refractivity contribution < 1.29 is 4.79 Å². The minimum Gasteiger partial charge on any atom is -0.340 e. The lowest BCUT2D eigenvalue weighted by molar-refractivity contribution is -0.127. The summed E-state index contributed by atoms with van der Waals surface area (Å²) >= 11 is 5.32. The monoisotopic (exact) mass is 293 g/mol. The molecule has 4 heteroatoms. The molecule has 1 heterocycles. The van der Waals surface area contributed by atoms with Crippen LogP contribution in [-0.2, 0) is 4.79 Å². The fourth-order valence-corrected chi connectivity index (χ4v) is 3.39. The van der Waals surface area contributed by atoms with Gasteiger partial charge in [0.1, 0.15) is 0 Å². The lowest BCUT2D eigenvalue weighted by Gasteiger charge is -2.34. The fourth-order valence-electron chi connectivity index (χ4n) is 2.03. The molecule has 0 aromatic carbocycles. The molecular weight excluding hydrogens is 274 g/mol. The molecule has 0 aliphatic carbocycles. The highest BCUT2D eigenvalue weighted by molar-refractivity contribution is 9.10. The highest BCUT2D eigenvalue weighted by atomic mass is 79.9. The van der Waals surface area contributed by atoms with Gasteiger partial charge in [0, 0.05) is 17.8 Å². The van der Waals surface area contributed by atoms with Gasteiger partial charge < -0.3 is 4.90 Å². The summed E-state index contributed by atoms with van der Waals surface area (Å²) in [7, 11) is 0. The van der Waals surface area contributed by atoms with Gasteiger partial charge in [0.2, 0.25) is 5.91 Å². The second-order valence-electron chi connectivity index (χ2n) is 4.11. The third-order valence-corrected chi connectivity index (χ3v) is 5.85. The van der Waals surface area contributed by atoms with Crippen LogP contribution in [0.2, 0.25) is 0 Å². The Morgan fingerprint density at radius 2 is 2.13 bits per heavy atom. The summed E-state index contributed by atoms with van der Waals surface area (Å²) in [5, 5.41) is 0. The summed E-state index contributed by atoms with van der Waals surface area (Å²) in [5.41, 5.74) is 0. The second kappa shape index (κ2) is 5.58. The molecule has 0 aromatic rings. The molecule has 88 valence electrons. The van der Waals surface area contributed by atoms with E-state index in [-0.39, 0.29) is 15.5 Å². The van der Waals surface area contributed by atoms with E-state index in [4.69, 9.17) is 0 Å². The molecule has 0 spiro atoms. The van der Waals surface area contributed by atoms with E-state index < -0.39 is 0 Å². The number of hydrogen-bond donors (Lipinski definition) is 0. The number of nitrogens with zero attached hydrogens (tertiary/aromatic N) is 1. The maximum Gasteiger partial charge on any atom is 0.236 e. The van der Waals surface area contributed by atoms with Crippen LogP contribution in [0.5, 0.6) is 0 Å². The minimum absolute atomic E-state index is 0.0609. The number of alkyl halides is 1. The van der Waals surface area contributed by atoms with Gasteiger partial charge in [0.15, 0.2) is 0 Å². The summed E-state index contributed by atoms with van der Waals surface area (Å²) in [4.78, 5) is 13.9. The van der Waals surface area contributed by atoms with Gasteiger partial charge in [0.05, 0.1) is 4.83 Å². The van der Waals surface area contributed by atoms with Crippen molar-refractivity contribution in [3.05, 3.63) is 0 Å². The van der Waals surface area contributed by atoms with E-state index in [9.17, 15) is 4.79 Å². The van der Waals surface area contributed by atoms with E-state index in [1.165, 1.54) is 0 Å². The second-order valence-corrected chi connectivity index (χ2v) is 6.49. The number of carbonyl (C=O) groups is 1. The molecule has 1 atom stereocenters. The number of hydrogen-bond acceptors (Lipinski definition) is 2. The first-order chi connectivity index (χ1) is 7.08. The number of halogens is 1. The topological polar surface area (TPSA) is 20.3 Å². The molecule has 0 saturated carbocycles. The predicted molar refractivity (Wildman–Crippen MR) is 70.7 cm³/mol. The van der Waals surface area contributed by atoms with Gasteiger partial charge in [-0.2, -0.15) is 11.8 Å². The first-order valence-corrected chi connectivity index (χ1v) is 7.70. The van der Waals surface area contributed by atoms with Gasteiger partial charge in [-0.25, -0.2) is 0 Å². The third kappa shape index (κ3) is 2.90. The predicted octanol–water partition coefficient (Wildman–Crippen LogP) is 2.90. The fraction of sp³-hybridized carbons (Fsp3) is 0.909. The van der Waals surface area contributed by atoms with Crippen molar-refractivity contribution >= 4 is 33.6 Å². The van der Waals surface area contributed by atoms with Crippen LogP contribution < -0.4 is 0 Å². The highest BCUT2D eigenvalue weighted by Gasteiger charge is 2.35. The Bertz CT molecular complexity index is 222. The molecule has 0 N–H and O–H groups in total.